The Labute approximate surface area is 94.9 Å². The van der Waals surface area contributed by atoms with Crippen molar-refractivity contribution in [2.24, 2.45) is 11.8 Å². The minimum absolute atomic E-state index is 0.796. The largest absolute Gasteiger partial charge is 0.352 e. The van der Waals surface area contributed by atoms with Crippen molar-refractivity contribution in [2.75, 3.05) is 6.54 Å². The lowest BCUT2D eigenvalue weighted by molar-refractivity contribution is 0.312. The van der Waals surface area contributed by atoms with Gasteiger partial charge in [-0.2, -0.15) is 0 Å². The smallest absolute Gasteiger partial charge is 0.0247 e. The zero-order valence-corrected chi connectivity index (χ0v) is 10.7. The van der Waals surface area contributed by atoms with Gasteiger partial charge in [0.1, 0.15) is 0 Å². The minimum atomic E-state index is 0.796. The van der Waals surface area contributed by atoms with Crippen LogP contribution >= 0.6 is 0 Å². The van der Waals surface area contributed by atoms with Gasteiger partial charge >= 0.3 is 0 Å². The van der Waals surface area contributed by atoms with Crippen LogP contribution in [0.4, 0.5) is 0 Å². The summed E-state index contributed by atoms with van der Waals surface area (Å²) in [6.07, 6.45) is 10.6. The van der Waals surface area contributed by atoms with Gasteiger partial charge in [0, 0.05) is 12.2 Å². The van der Waals surface area contributed by atoms with E-state index in [1.54, 1.807) is 0 Å². The fourth-order valence-corrected chi connectivity index (χ4v) is 2.24. The van der Waals surface area contributed by atoms with Crippen LogP contribution in [0, 0.1) is 11.8 Å². The van der Waals surface area contributed by atoms with Crippen LogP contribution in [-0.4, -0.2) is 11.4 Å². The Morgan fingerprint density at radius 1 is 1.40 bits per heavy atom. The van der Waals surface area contributed by atoms with Gasteiger partial charge in [-0.1, -0.05) is 32.9 Å². The van der Waals surface area contributed by atoms with E-state index in [0.717, 1.165) is 18.3 Å². The van der Waals surface area contributed by atoms with Gasteiger partial charge in [0.2, 0.25) is 0 Å². The molecule has 0 N–H and O–H groups in total. The predicted octanol–water partition coefficient (Wildman–Crippen LogP) is 4.18. The normalized spacial score (nSPS) is 32.3. The molecule has 1 aliphatic rings. The Morgan fingerprint density at radius 2 is 2.13 bits per heavy atom. The van der Waals surface area contributed by atoms with E-state index >= 15 is 0 Å². The zero-order chi connectivity index (χ0) is 11.3. The van der Waals surface area contributed by atoms with E-state index in [1.807, 2.05) is 0 Å². The molecule has 1 nitrogen and oxygen atoms in total. The lowest BCUT2D eigenvalue weighted by Crippen LogP contribution is -2.25. The molecular formula is C14H25N. The molecule has 0 saturated carbocycles. The molecule has 0 aliphatic carbocycles. The number of hydrogen-bond acceptors (Lipinski definition) is 1. The second-order valence-electron chi connectivity index (χ2n) is 4.97. The van der Waals surface area contributed by atoms with Crippen molar-refractivity contribution in [3.8, 4) is 0 Å². The van der Waals surface area contributed by atoms with Gasteiger partial charge in [0.05, 0.1) is 0 Å². The van der Waals surface area contributed by atoms with Crippen LogP contribution < -0.4 is 0 Å². The first kappa shape index (κ1) is 12.4. The molecule has 0 spiro atoms. The maximum absolute atomic E-state index is 2.40. The summed E-state index contributed by atoms with van der Waals surface area (Å²) in [4.78, 5) is 2.40. The van der Waals surface area contributed by atoms with Gasteiger partial charge in [0.25, 0.3) is 0 Å². The van der Waals surface area contributed by atoms with Crippen molar-refractivity contribution < 1.29 is 0 Å². The summed E-state index contributed by atoms with van der Waals surface area (Å²) < 4.78 is 0. The molecular weight excluding hydrogens is 182 g/mol. The van der Waals surface area contributed by atoms with Gasteiger partial charge in [-0.25, -0.2) is 0 Å². The molecule has 2 atom stereocenters. The molecule has 0 bridgehead atoms. The summed E-state index contributed by atoms with van der Waals surface area (Å²) in [6, 6.07) is 0. The second-order valence-corrected chi connectivity index (χ2v) is 4.97. The summed E-state index contributed by atoms with van der Waals surface area (Å²) in [7, 11) is 0. The molecule has 86 valence electrons. The van der Waals surface area contributed by atoms with E-state index in [1.165, 1.54) is 25.1 Å². The van der Waals surface area contributed by atoms with Crippen LogP contribution in [-0.2, 0) is 0 Å². The summed E-state index contributed by atoms with van der Waals surface area (Å²) in [5.41, 5.74) is 1.41. The Morgan fingerprint density at radius 3 is 2.80 bits per heavy atom. The van der Waals surface area contributed by atoms with E-state index in [0.29, 0.717) is 0 Å². The number of hydrogen-bond donors (Lipinski definition) is 0. The molecule has 1 rings (SSSR count). The summed E-state index contributed by atoms with van der Waals surface area (Å²) in [5, 5.41) is 0. The van der Waals surface area contributed by atoms with E-state index in [4.69, 9.17) is 0 Å². The Hall–Kier alpha value is -0.720. The molecule has 0 aromatic carbocycles. The average molecular weight is 207 g/mol. The fraction of sp³-hybridized carbons (Fsp3) is 0.714. The Bertz CT molecular complexity index is 240. The van der Waals surface area contributed by atoms with Crippen LogP contribution in [0.1, 0.15) is 47.0 Å². The molecule has 1 heteroatoms. The first-order chi connectivity index (χ1) is 7.13. The molecule has 0 fully saturated rings. The van der Waals surface area contributed by atoms with Crippen LogP contribution in [0.15, 0.2) is 24.0 Å². The van der Waals surface area contributed by atoms with Crippen LogP contribution in [0.2, 0.25) is 0 Å². The summed E-state index contributed by atoms with van der Waals surface area (Å²) in [6.45, 7) is 10.3. The first-order valence-electron chi connectivity index (χ1n) is 6.23. The number of allylic oxidation sites excluding steroid dienone is 3. The topological polar surface area (TPSA) is 3.24 Å². The van der Waals surface area contributed by atoms with Gasteiger partial charge in [0.15, 0.2) is 0 Å². The molecule has 0 saturated heterocycles. The monoisotopic (exact) mass is 207 g/mol. The highest BCUT2D eigenvalue weighted by molar-refractivity contribution is 5.05. The summed E-state index contributed by atoms with van der Waals surface area (Å²) >= 11 is 0. The van der Waals surface area contributed by atoms with Crippen molar-refractivity contribution in [1.82, 2.24) is 4.90 Å². The maximum atomic E-state index is 2.40. The highest BCUT2D eigenvalue weighted by Crippen LogP contribution is 2.23. The van der Waals surface area contributed by atoms with Crippen molar-refractivity contribution in [2.45, 2.75) is 47.0 Å². The van der Waals surface area contributed by atoms with Crippen molar-refractivity contribution in [1.29, 1.82) is 0 Å². The van der Waals surface area contributed by atoms with Crippen molar-refractivity contribution >= 4 is 0 Å². The van der Waals surface area contributed by atoms with E-state index in [2.05, 4.69) is 50.9 Å². The van der Waals surface area contributed by atoms with Crippen LogP contribution in [0.5, 0.6) is 0 Å². The molecule has 1 heterocycles. The van der Waals surface area contributed by atoms with Crippen molar-refractivity contribution in [3.05, 3.63) is 24.0 Å². The Kier molecular flexibility index (Phi) is 4.93. The quantitative estimate of drug-likeness (QED) is 0.656. The lowest BCUT2D eigenvalue weighted by atomic mass is 9.92. The highest BCUT2D eigenvalue weighted by Gasteiger charge is 2.14. The second kappa shape index (κ2) is 5.99. The molecule has 0 amide bonds. The van der Waals surface area contributed by atoms with Gasteiger partial charge in [-0.15, -0.1) is 0 Å². The average Bonchev–Trinajstić information content (AvgIpc) is 2.19. The fourth-order valence-electron chi connectivity index (χ4n) is 2.24. The summed E-state index contributed by atoms with van der Waals surface area (Å²) in [5.74, 6) is 1.64. The van der Waals surface area contributed by atoms with Gasteiger partial charge in [-0.05, 0) is 44.2 Å². The first-order valence-corrected chi connectivity index (χ1v) is 6.23. The van der Waals surface area contributed by atoms with Crippen molar-refractivity contribution in [3.63, 3.8) is 0 Å². The molecule has 0 aromatic rings. The third-order valence-electron chi connectivity index (χ3n) is 3.10. The molecule has 0 radical (unpaired) electrons. The third-order valence-corrected chi connectivity index (χ3v) is 3.10. The maximum Gasteiger partial charge on any atom is 0.0247 e. The molecule has 0 aromatic heterocycles. The minimum Gasteiger partial charge on any atom is -0.352 e. The van der Waals surface area contributed by atoms with E-state index < -0.39 is 0 Å². The van der Waals surface area contributed by atoms with Gasteiger partial charge in [-0.3, -0.25) is 0 Å². The number of rotatable bonds is 2. The SMILES string of the molecule is CC/C=C\N1C[C@@H](C)CC(C)C/C=C/1C. The van der Waals surface area contributed by atoms with E-state index in [-0.39, 0.29) is 0 Å². The molecule has 15 heavy (non-hydrogen) atoms. The van der Waals surface area contributed by atoms with Crippen LogP contribution in [0.25, 0.3) is 0 Å². The molecule has 1 aliphatic heterocycles. The third kappa shape index (κ3) is 4.11. The molecule has 1 unspecified atom stereocenters. The van der Waals surface area contributed by atoms with Gasteiger partial charge < -0.3 is 4.90 Å². The predicted molar refractivity (Wildman–Crippen MR) is 67.5 cm³/mol. The number of nitrogens with zero attached hydrogens (tertiary/aromatic N) is 1. The highest BCUT2D eigenvalue weighted by atomic mass is 15.1. The standard InChI is InChI=1S/C14H25N/c1-5-6-9-15-11-13(3)10-12(2)7-8-14(15)4/h6,8-9,12-13H,5,7,10-11H2,1-4H3/b9-6-,14-8+/t12?,13-/m0/s1. The lowest BCUT2D eigenvalue weighted by Gasteiger charge is -2.29. The Balaban J connectivity index is 2.71. The van der Waals surface area contributed by atoms with Crippen LogP contribution in [0.3, 0.4) is 0 Å². The zero-order valence-electron chi connectivity index (χ0n) is 10.7. The van der Waals surface area contributed by atoms with E-state index in [9.17, 15) is 0 Å².